The monoisotopic (exact) mass is 343 g/mol. The molecule has 0 aliphatic rings. The summed E-state index contributed by atoms with van der Waals surface area (Å²) in [6.07, 6.45) is 4.52. The Bertz CT molecular complexity index is 674. The fourth-order valence-corrected chi connectivity index (χ4v) is 2.38. The first-order valence-corrected chi connectivity index (χ1v) is 8.41. The van der Waals surface area contributed by atoms with Crippen molar-refractivity contribution < 1.29 is 19.1 Å². The van der Waals surface area contributed by atoms with Crippen LogP contribution in [-0.2, 0) is 4.79 Å². The van der Waals surface area contributed by atoms with Crippen LogP contribution >= 0.6 is 0 Å². The number of furan rings is 1. The van der Waals surface area contributed by atoms with Gasteiger partial charge in [-0.2, -0.15) is 0 Å². The molecule has 2 rings (SSSR count). The average Bonchev–Trinajstić information content (AvgIpc) is 3.08. The average molecular weight is 343 g/mol. The Hall–Kier alpha value is -2.53. The maximum absolute atomic E-state index is 12.0. The minimum atomic E-state index is -0.734. The van der Waals surface area contributed by atoms with Crippen LogP contribution in [0.3, 0.4) is 0 Å². The van der Waals surface area contributed by atoms with Gasteiger partial charge in [0.05, 0.1) is 12.4 Å². The summed E-state index contributed by atoms with van der Waals surface area (Å²) in [5.41, 5.74) is 0.912. The van der Waals surface area contributed by atoms with Gasteiger partial charge < -0.3 is 19.6 Å². The number of hydrogen-bond donors (Lipinski definition) is 2. The minimum Gasteiger partial charge on any atom is -0.491 e. The summed E-state index contributed by atoms with van der Waals surface area (Å²) in [5, 5.41) is 12.8. The van der Waals surface area contributed by atoms with E-state index in [4.69, 9.17) is 9.15 Å². The molecule has 0 spiro atoms. The van der Waals surface area contributed by atoms with Crippen molar-refractivity contribution in [3.05, 3.63) is 60.1 Å². The van der Waals surface area contributed by atoms with Gasteiger partial charge in [0.25, 0.3) is 0 Å². The van der Waals surface area contributed by atoms with Crippen LogP contribution in [-0.4, -0.2) is 23.2 Å². The van der Waals surface area contributed by atoms with Crippen LogP contribution in [0.1, 0.15) is 44.6 Å². The zero-order valence-corrected chi connectivity index (χ0v) is 14.8. The molecule has 5 nitrogen and oxygen atoms in total. The lowest BCUT2D eigenvalue weighted by atomic mass is 10.1. The standard InChI is InChI=1S/C20H25NO4/c1-14(2)25-17-9-6-16(7-10-17)8-11-20(23)21-15(3)13-18(22)19-5-4-12-24-19/h4-12,14-15,18,22H,13H2,1-3H3,(H,21,23)/b11-8+. The number of rotatable bonds is 8. The fraction of sp³-hybridized carbons (Fsp3) is 0.350. The van der Waals surface area contributed by atoms with E-state index in [0.717, 1.165) is 11.3 Å². The largest absolute Gasteiger partial charge is 0.491 e. The van der Waals surface area contributed by atoms with Crippen molar-refractivity contribution in [1.29, 1.82) is 0 Å². The van der Waals surface area contributed by atoms with Gasteiger partial charge in [0.1, 0.15) is 17.6 Å². The highest BCUT2D eigenvalue weighted by Gasteiger charge is 2.15. The number of carbonyl (C=O) groups excluding carboxylic acids is 1. The molecule has 5 heteroatoms. The number of ether oxygens (including phenoxy) is 1. The van der Waals surface area contributed by atoms with Crippen molar-refractivity contribution in [3.8, 4) is 5.75 Å². The van der Waals surface area contributed by atoms with E-state index in [1.54, 1.807) is 18.2 Å². The van der Waals surface area contributed by atoms with Crippen LogP contribution in [0.5, 0.6) is 5.75 Å². The van der Waals surface area contributed by atoms with Gasteiger partial charge in [-0.15, -0.1) is 0 Å². The van der Waals surface area contributed by atoms with Crippen LogP contribution in [0.2, 0.25) is 0 Å². The Morgan fingerprint density at radius 1 is 1.24 bits per heavy atom. The summed E-state index contributed by atoms with van der Waals surface area (Å²) in [6.45, 7) is 5.79. The second-order valence-electron chi connectivity index (χ2n) is 6.25. The Balaban J connectivity index is 1.81. The van der Waals surface area contributed by atoms with Crippen LogP contribution in [0, 0.1) is 0 Å². The van der Waals surface area contributed by atoms with Crippen molar-refractivity contribution in [2.75, 3.05) is 0 Å². The molecule has 2 N–H and O–H groups in total. The zero-order valence-electron chi connectivity index (χ0n) is 14.8. The highest BCUT2D eigenvalue weighted by atomic mass is 16.5. The maximum Gasteiger partial charge on any atom is 0.244 e. The minimum absolute atomic E-state index is 0.130. The Morgan fingerprint density at radius 3 is 2.56 bits per heavy atom. The second-order valence-corrected chi connectivity index (χ2v) is 6.25. The molecule has 134 valence electrons. The third-order valence-corrected chi connectivity index (χ3v) is 3.52. The summed E-state index contributed by atoms with van der Waals surface area (Å²) in [6, 6.07) is 10.8. The van der Waals surface area contributed by atoms with E-state index in [9.17, 15) is 9.90 Å². The predicted molar refractivity (Wildman–Crippen MR) is 97.1 cm³/mol. The number of nitrogens with one attached hydrogen (secondary N) is 1. The van der Waals surface area contributed by atoms with Crippen molar-refractivity contribution >= 4 is 12.0 Å². The van der Waals surface area contributed by atoms with Crippen LogP contribution in [0.15, 0.2) is 53.2 Å². The van der Waals surface area contributed by atoms with Gasteiger partial charge in [0.2, 0.25) is 5.91 Å². The van der Waals surface area contributed by atoms with Gasteiger partial charge in [0.15, 0.2) is 0 Å². The molecule has 0 fully saturated rings. The van der Waals surface area contributed by atoms with E-state index < -0.39 is 6.10 Å². The van der Waals surface area contributed by atoms with E-state index in [1.165, 1.54) is 12.3 Å². The molecule has 2 unspecified atom stereocenters. The normalized spacial score (nSPS) is 13.8. The molecule has 0 saturated carbocycles. The van der Waals surface area contributed by atoms with Crippen LogP contribution in [0.4, 0.5) is 0 Å². The van der Waals surface area contributed by atoms with Gasteiger partial charge in [-0.05, 0) is 56.7 Å². The Kier molecular flexibility index (Phi) is 6.83. The third kappa shape index (κ3) is 6.47. The number of benzene rings is 1. The fourth-order valence-electron chi connectivity index (χ4n) is 2.38. The molecule has 2 atom stereocenters. The number of aliphatic hydroxyl groups excluding tert-OH is 1. The molecule has 0 saturated heterocycles. The molecule has 2 aromatic rings. The van der Waals surface area contributed by atoms with Gasteiger partial charge in [0, 0.05) is 18.5 Å². The summed E-state index contributed by atoms with van der Waals surface area (Å²) >= 11 is 0. The first-order valence-electron chi connectivity index (χ1n) is 8.41. The summed E-state index contributed by atoms with van der Waals surface area (Å²) in [7, 11) is 0. The van der Waals surface area contributed by atoms with Gasteiger partial charge in [-0.3, -0.25) is 4.79 Å². The zero-order chi connectivity index (χ0) is 18.2. The van der Waals surface area contributed by atoms with Gasteiger partial charge in [-0.25, -0.2) is 0 Å². The SMILES string of the molecule is CC(CC(O)c1ccco1)NC(=O)/C=C/c1ccc(OC(C)C)cc1. The molecule has 0 aliphatic carbocycles. The lowest BCUT2D eigenvalue weighted by Crippen LogP contribution is -2.32. The Morgan fingerprint density at radius 2 is 1.96 bits per heavy atom. The molecule has 0 bridgehead atoms. The highest BCUT2D eigenvalue weighted by molar-refractivity contribution is 5.91. The molecule has 1 amide bonds. The molecule has 25 heavy (non-hydrogen) atoms. The molecule has 1 heterocycles. The van der Waals surface area contributed by atoms with E-state index in [0.29, 0.717) is 12.2 Å². The third-order valence-electron chi connectivity index (χ3n) is 3.52. The van der Waals surface area contributed by atoms with E-state index in [1.807, 2.05) is 45.0 Å². The first-order chi connectivity index (χ1) is 11.9. The number of hydrogen-bond acceptors (Lipinski definition) is 4. The van der Waals surface area contributed by atoms with Crippen molar-refractivity contribution in [1.82, 2.24) is 5.32 Å². The van der Waals surface area contributed by atoms with Crippen molar-refractivity contribution in [2.45, 2.75) is 45.4 Å². The van der Waals surface area contributed by atoms with E-state index in [2.05, 4.69) is 5.32 Å². The van der Waals surface area contributed by atoms with Crippen LogP contribution < -0.4 is 10.1 Å². The van der Waals surface area contributed by atoms with Crippen molar-refractivity contribution in [2.24, 2.45) is 0 Å². The maximum atomic E-state index is 12.0. The lowest BCUT2D eigenvalue weighted by molar-refractivity contribution is -0.117. The molecular weight excluding hydrogens is 318 g/mol. The quantitative estimate of drug-likeness (QED) is 0.717. The summed E-state index contributed by atoms with van der Waals surface area (Å²) in [4.78, 5) is 12.0. The van der Waals surface area contributed by atoms with Gasteiger partial charge in [-0.1, -0.05) is 12.1 Å². The number of aliphatic hydroxyl groups is 1. The Labute approximate surface area is 148 Å². The second kappa shape index (κ2) is 9.08. The topological polar surface area (TPSA) is 71.7 Å². The van der Waals surface area contributed by atoms with E-state index in [-0.39, 0.29) is 18.1 Å². The van der Waals surface area contributed by atoms with Crippen LogP contribution in [0.25, 0.3) is 6.08 Å². The van der Waals surface area contributed by atoms with E-state index >= 15 is 0 Å². The van der Waals surface area contributed by atoms with Crippen molar-refractivity contribution in [3.63, 3.8) is 0 Å². The molecule has 1 aromatic heterocycles. The molecule has 0 radical (unpaired) electrons. The lowest BCUT2D eigenvalue weighted by Gasteiger charge is -2.15. The smallest absolute Gasteiger partial charge is 0.244 e. The summed E-state index contributed by atoms with van der Waals surface area (Å²) in [5.74, 6) is 1.10. The number of carbonyl (C=O) groups is 1. The molecular formula is C20H25NO4. The highest BCUT2D eigenvalue weighted by Crippen LogP contribution is 2.18. The first kappa shape index (κ1) is 18.8. The number of amides is 1. The predicted octanol–water partition coefficient (Wildman–Crippen LogP) is 3.71. The van der Waals surface area contributed by atoms with Gasteiger partial charge >= 0.3 is 0 Å². The summed E-state index contributed by atoms with van der Waals surface area (Å²) < 4.78 is 10.7. The molecule has 1 aromatic carbocycles. The molecule has 0 aliphatic heterocycles.